The number of nitrogen functional groups attached to an aromatic ring is 1. The summed E-state index contributed by atoms with van der Waals surface area (Å²) in [5.41, 5.74) is 7.91. The molecule has 0 radical (unpaired) electrons. The monoisotopic (exact) mass is 428 g/mol. The molecule has 0 aliphatic rings. The molecule has 0 aliphatic heterocycles. The van der Waals surface area contributed by atoms with E-state index in [0.717, 1.165) is 10.3 Å². The summed E-state index contributed by atoms with van der Waals surface area (Å²) >= 11 is 1.23. The number of benzene rings is 2. The minimum absolute atomic E-state index is 0.0465. The molecule has 0 fully saturated rings. The Labute approximate surface area is 170 Å². The second-order valence-corrected chi connectivity index (χ2v) is 8.94. The molecule has 0 saturated heterocycles. The molecule has 0 aliphatic carbocycles. The highest BCUT2D eigenvalue weighted by molar-refractivity contribution is 7.87. The Hall–Kier alpha value is -3.17. The van der Waals surface area contributed by atoms with Gasteiger partial charge in [0.1, 0.15) is 9.77 Å². The van der Waals surface area contributed by atoms with Gasteiger partial charge in [0.15, 0.2) is 0 Å². The van der Waals surface area contributed by atoms with Gasteiger partial charge in [-0.05, 0) is 37.3 Å². The number of anilines is 1. The Morgan fingerprint density at radius 2 is 1.79 bits per heavy atom. The molecular weight excluding hydrogens is 412 g/mol. The lowest BCUT2D eigenvalue weighted by Gasteiger charge is -2.08. The number of ether oxygens (including phenoxy) is 1. The van der Waals surface area contributed by atoms with Gasteiger partial charge in [0.25, 0.3) is 0 Å². The largest absolute Gasteiger partial charge is 0.465 e. The maximum absolute atomic E-state index is 12.5. The topological polar surface area (TPSA) is 109 Å². The summed E-state index contributed by atoms with van der Waals surface area (Å²) in [6.45, 7) is 1.87. The highest BCUT2D eigenvalue weighted by Gasteiger charge is 2.20. The number of carbonyl (C=O) groups excluding carboxylic acids is 1. The zero-order chi connectivity index (χ0) is 20.8. The minimum atomic E-state index is -4.01. The zero-order valence-corrected chi connectivity index (χ0v) is 17.1. The summed E-state index contributed by atoms with van der Waals surface area (Å²) < 4.78 is 35.8. The summed E-state index contributed by atoms with van der Waals surface area (Å²) in [4.78, 5) is 16.6. The maximum Gasteiger partial charge on any atom is 0.350 e. The van der Waals surface area contributed by atoms with Gasteiger partial charge in [0.05, 0.1) is 18.3 Å². The molecule has 0 atom stereocenters. The summed E-state index contributed by atoms with van der Waals surface area (Å²) in [7, 11) is -2.71. The van der Waals surface area contributed by atoms with Crippen LogP contribution in [0.3, 0.4) is 0 Å². The standard InChI is InChI=1S/C20H16N2O5S2/c1-11-3-5-12(6-4-11)29(24,25)27-16-10-7-13-14(22-16)8-9-15-17(13)18(21)19(28-15)20(23)26-2/h3-10H,21H2,1-2H3. The van der Waals surface area contributed by atoms with Crippen molar-refractivity contribution in [1.29, 1.82) is 0 Å². The van der Waals surface area contributed by atoms with E-state index in [-0.39, 0.29) is 10.8 Å². The molecule has 0 bridgehead atoms. The van der Waals surface area contributed by atoms with Gasteiger partial charge in [-0.3, -0.25) is 0 Å². The van der Waals surface area contributed by atoms with Crippen LogP contribution in [-0.4, -0.2) is 26.5 Å². The van der Waals surface area contributed by atoms with E-state index in [0.29, 0.717) is 26.9 Å². The van der Waals surface area contributed by atoms with Crippen LogP contribution in [0, 0.1) is 6.92 Å². The Kier molecular flexibility index (Phi) is 4.64. The molecule has 0 amide bonds. The average molecular weight is 428 g/mol. The fourth-order valence-corrected chi connectivity index (χ4v) is 4.90. The Morgan fingerprint density at radius 3 is 2.48 bits per heavy atom. The van der Waals surface area contributed by atoms with Crippen LogP contribution in [0.4, 0.5) is 5.69 Å². The van der Waals surface area contributed by atoms with E-state index in [1.165, 1.54) is 36.6 Å². The van der Waals surface area contributed by atoms with Gasteiger partial charge in [-0.2, -0.15) is 8.42 Å². The first-order chi connectivity index (χ1) is 13.8. The first-order valence-corrected chi connectivity index (χ1v) is 10.7. The van der Waals surface area contributed by atoms with E-state index in [4.69, 9.17) is 14.7 Å². The van der Waals surface area contributed by atoms with Crippen LogP contribution in [-0.2, 0) is 14.9 Å². The van der Waals surface area contributed by atoms with Gasteiger partial charge < -0.3 is 14.7 Å². The number of nitrogens with zero attached hydrogens (tertiary/aromatic N) is 1. The second kappa shape index (κ2) is 7.02. The van der Waals surface area contributed by atoms with Crippen molar-refractivity contribution in [1.82, 2.24) is 4.98 Å². The highest BCUT2D eigenvalue weighted by atomic mass is 32.2. The summed E-state index contributed by atoms with van der Waals surface area (Å²) in [5, 5.41) is 1.36. The smallest absolute Gasteiger partial charge is 0.350 e. The van der Waals surface area contributed by atoms with Crippen molar-refractivity contribution in [2.24, 2.45) is 0 Å². The lowest BCUT2D eigenvalue weighted by atomic mass is 10.1. The summed E-state index contributed by atoms with van der Waals surface area (Å²) in [6, 6.07) is 13.0. The molecule has 2 aromatic carbocycles. The number of esters is 1. The molecule has 4 aromatic rings. The van der Waals surface area contributed by atoms with E-state index in [1.807, 2.05) is 6.92 Å². The quantitative estimate of drug-likeness (QED) is 0.388. The third kappa shape index (κ3) is 3.39. The van der Waals surface area contributed by atoms with Crippen LogP contribution in [0.2, 0.25) is 0 Å². The normalized spacial score (nSPS) is 11.7. The third-order valence-corrected chi connectivity index (χ3v) is 6.80. The number of methoxy groups -OCH3 is 1. The SMILES string of the molecule is COC(=O)c1sc2ccc3nc(OS(=O)(=O)c4ccc(C)cc4)ccc3c2c1N. The maximum atomic E-state index is 12.5. The molecule has 2 aromatic heterocycles. The van der Waals surface area contributed by atoms with Crippen molar-refractivity contribution in [3.8, 4) is 5.88 Å². The average Bonchev–Trinajstić information content (AvgIpc) is 3.04. The first kappa shape index (κ1) is 19.2. The number of pyridine rings is 1. The summed E-state index contributed by atoms with van der Waals surface area (Å²) in [5.74, 6) is -0.562. The van der Waals surface area contributed by atoms with Gasteiger partial charge in [-0.25, -0.2) is 9.78 Å². The number of carbonyl (C=O) groups is 1. The van der Waals surface area contributed by atoms with E-state index >= 15 is 0 Å². The highest BCUT2D eigenvalue weighted by Crippen LogP contribution is 2.39. The van der Waals surface area contributed by atoms with Gasteiger partial charge in [0, 0.05) is 21.5 Å². The van der Waals surface area contributed by atoms with Crippen LogP contribution in [0.15, 0.2) is 53.4 Å². The predicted octanol–water partition coefficient (Wildman–Crippen LogP) is 3.89. The van der Waals surface area contributed by atoms with Crippen LogP contribution < -0.4 is 9.92 Å². The molecule has 7 nitrogen and oxygen atoms in total. The van der Waals surface area contributed by atoms with Crippen LogP contribution in [0.25, 0.3) is 21.0 Å². The molecule has 29 heavy (non-hydrogen) atoms. The number of rotatable bonds is 4. The fraction of sp³-hybridized carbons (Fsp3) is 0.100. The van der Waals surface area contributed by atoms with Gasteiger partial charge >= 0.3 is 16.1 Å². The first-order valence-electron chi connectivity index (χ1n) is 8.51. The Balaban J connectivity index is 1.77. The summed E-state index contributed by atoms with van der Waals surface area (Å²) in [6.07, 6.45) is 0. The van der Waals surface area contributed by atoms with E-state index in [9.17, 15) is 13.2 Å². The number of thiophene rings is 1. The van der Waals surface area contributed by atoms with Gasteiger partial charge in [-0.15, -0.1) is 11.3 Å². The number of aromatic nitrogens is 1. The predicted molar refractivity (Wildman–Crippen MR) is 112 cm³/mol. The number of fused-ring (bicyclic) bond motifs is 3. The number of hydrogen-bond donors (Lipinski definition) is 1. The number of hydrogen-bond acceptors (Lipinski definition) is 8. The molecule has 0 spiro atoms. The van der Waals surface area contributed by atoms with Crippen molar-refractivity contribution < 1.29 is 22.1 Å². The van der Waals surface area contributed by atoms with Gasteiger partial charge in [-0.1, -0.05) is 17.7 Å². The van der Waals surface area contributed by atoms with E-state index in [2.05, 4.69) is 4.98 Å². The van der Waals surface area contributed by atoms with Crippen LogP contribution in [0.1, 0.15) is 15.2 Å². The molecule has 0 saturated carbocycles. The molecule has 2 heterocycles. The third-order valence-electron chi connectivity index (χ3n) is 4.41. The number of aryl methyl sites for hydroxylation is 1. The molecule has 148 valence electrons. The number of nitrogens with two attached hydrogens (primary N) is 1. The van der Waals surface area contributed by atoms with Crippen LogP contribution in [0.5, 0.6) is 5.88 Å². The van der Waals surface area contributed by atoms with E-state index in [1.54, 1.807) is 30.3 Å². The molecule has 9 heteroatoms. The van der Waals surface area contributed by atoms with Crippen molar-refractivity contribution in [2.75, 3.05) is 12.8 Å². The van der Waals surface area contributed by atoms with Crippen LogP contribution >= 0.6 is 11.3 Å². The lowest BCUT2D eigenvalue weighted by molar-refractivity contribution is 0.0607. The van der Waals surface area contributed by atoms with Crippen molar-refractivity contribution in [3.05, 3.63) is 59.0 Å². The van der Waals surface area contributed by atoms with Crippen molar-refractivity contribution >= 4 is 54.1 Å². The van der Waals surface area contributed by atoms with E-state index < -0.39 is 16.1 Å². The van der Waals surface area contributed by atoms with Crippen molar-refractivity contribution in [3.63, 3.8) is 0 Å². The molecular formula is C20H16N2O5S2. The second-order valence-electron chi connectivity index (χ2n) is 6.34. The van der Waals surface area contributed by atoms with Gasteiger partial charge in [0.2, 0.25) is 5.88 Å². The zero-order valence-electron chi connectivity index (χ0n) is 15.5. The van der Waals surface area contributed by atoms with Crippen molar-refractivity contribution in [2.45, 2.75) is 11.8 Å². The molecule has 2 N–H and O–H groups in total. The fourth-order valence-electron chi connectivity index (χ4n) is 2.96. The molecule has 4 rings (SSSR count). The Bertz CT molecular complexity index is 1360. The molecule has 0 unspecified atom stereocenters. The minimum Gasteiger partial charge on any atom is -0.465 e. The lowest BCUT2D eigenvalue weighted by Crippen LogP contribution is -2.10. The Morgan fingerprint density at radius 1 is 1.07 bits per heavy atom.